The van der Waals surface area contributed by atoms with Crippen molar-refractivity contribution in [2.45, 2.75) is 25.0 Å². The van der Waals surface area contributed by atoms with E-state index in [1.165, 1.54) is 0 Å². The van der Waals surface area contributed by atoms with Crippen molar-refractivity contribution in [1.29, 1.82) is 0 Å². The van der Waals surface area contributed by atoms with Gasteiger partial charge in [-0.2, -0.15) is 0 Å². The Labute approximate surface area is 131 Å². The van der Waals surface area contributed by atoms with Crippen molar-refractivity contribution >= 4 is 11.9 Å². The SMILES string of the molecule is O=C(O)C1C2CCC(O2)C1C(=O)O.[Na+].[Na+]. The summed E-state index contributed by atoms with van der Waals surface area (Å²) >= 11 is 0. The Morgan fingerprint density at radius 3 is 1.53 bits per heavy atom. The molecule has 2 saturated heterocycles. The standard InChI is InChI=1S/C8H10O5.2Na/c9-7(10)5-3-1-2-4(13-3)6(5)8(11)12;;/h3-6H,1-2H2,(H,9,10)(H,11,12);;/q;2*+1. The van der Waals surface area contributed by atoms with Crippen molar-refractivity contribution in [3.63, 3.8) is 0 Å². The van der Waals surface area contributed by atoms with E-state index in [4.69, 9.17) is 14.9 Å². The molecule has 0 aromatic rings. The topological polar surface area (TPSA) is 83.8 Å². The number of hydrogen-bond acceptors (Lipinski definition) is 3. The maximum atomic E-state index is 10.8. The minimum atomic E-state index is -1.06. The summed E-state index contributed by atoms with van der Waals surface area (Å²) < 4.78 is 5.26. The molecular formula is C8H10Na2O5+2. The van der Waals surface area contributed by atoms with Gasteiger partial charge in [-0.3, -0.25) is 9.59 Å². The Morgan fingerprint density at radius 1 is 0.933 bits per heavy atom. The van der Waals surface area contributed by atoms with Crippen LogP contribution in [0, 0.1) is 11.8 Å². The average molecular weight is 232 g/mol. The number of ether oxygens (including phenoxy) is 1. The van der Waals surface area contributed by atoms with Crippen LogP contribution in [0.15, 0.2) is 0 Å². The first kappa shape index (κ1) is 15.9. The van der Waals surface area contributed by atoms with Crippen LogP contribution in [0.2, 0.25) is 0 Å². The molecule has 2 fully saturated rings. The molecule has 0 saturated carbocycles. The molecule has 15 heavy (non-hydrogen) atoms. The fourth-order valence-corrected chi connectivity index (χ4v) is 2.31. The number of aliphatic carboxylic acids is 2. The Kier molecular flexibility index (Phi) is 6.36. The molecule has 2 aliphatic rings. The average Bonchev–Trinajstić information content (AvgIpc) is 2.60. The van der Waals surface area contributed by atoms with E-state index in [-0.39, 0.29) is 71.3 Å². The van der Waals surface area contributed by atoms with Gasteiger partial charge in [-0.1, -0.05) is 0 Å². The van der Waals surface area contributed by atoms with E-state index in [9.17, 15) is 9.59 Å². The van der Waals surface area contributed by atoms with Gasteiger partial charge in [-0.05, 0) is 12.8 Å². The molecule has 0 aromatic heterocycles. The summed E-state index contributed by atoms with van der Waals surface area (Å²) in [6.07, 6.45) is 0.573. The molecule has 2 rings (SSSR count). The van der Waals surface area contributed by atoms with Gasteiger partial charge in [0, 0.05) is 0 Å². The number of hydrogen-bond donors (Lipinski definition) is 2. The molecule has 7 heteroatoms. The molecule has 4 unspecified atom stereocenters. The normalized spacial score (nSPS) is 36.5. The van der Waals surface area contributed by atoms with E-state index in [0.717, 1.165) is 0 Å². The maximum absolute atomic E-state index is 10.8. The largest absolute Gasteiger partial charge is 1.00 e. The number of rotatable bonds is 2. The van der Waals surface area contributed by atoms with Gasteiger partial charge in [0.05, 0.1) is 24.0 Å². The van der Waals surface area contributed by atoms with Gasteiger partial charge in [-0.15, -0.1) is 0 Å². The summed E-state index contributed by atoms with van der Waals surface area (Å²) in [4.78, 5) is 21.5. The van der Waals surface area contributed by atoms with Crippen molar-refractivity contribution in [2.24, 2.45) is 11.8 Å². The molecule has 0 aromatic carbocycles. The Balaban J connectivity index is 0.000000980. The Bertz CT molecular complexity index is 244. The molecular weight excluding hydrogens is 222 g/mol. The van der Waals surface area contributed by atoms with Crippen LogP contribution in [-0.4, -0.2) is 34.4 Å². The first-order chi connectivity index (χ1) is 6.11. The molecule has 4 atom stereocenters. The molecule has 0 spiro atoms. The van der Waals surface area contributed by atoms with Gasteiger partial charge >= 0.3 is 71.1 Å². The molecule has 0 radical (unpaired) electrons. The number of carboxylic acid groups (broad SMARTS) is 2. The van der Waals surface area contributed by atoms with Crippen LogP contribution in [-0.2, 0) is 14.3 Å². The van der Waals surface area contributed by atoms with Crippen LogP contribution in [0.1, 0.15) is 12.8 Å². The summed E-state index contributed by atoms with van der Waals surface area (Å²) in [5.41, 5.74) is 0. The number of fused-ring (bicyclic) bond motifs is 2. The van der Waals surface area contributed by atoms with Crippen molar-refractivity contribution in [3.05, 3.63) is 0 Å². The van der Waals surface area contributed by atoms with E-state index in [2.05, 4.69) is 0 Å². The fraction of sp³-hybridized carbons (Fsp3) is 0.750. The monoisotopic (exact) mass is 232 g/mol. The first-order valence-corrected chi connectivity index (χ1v) is 4.22. The van der Waals surface area contributed by atoms with E-state index >= 15 is 0 Å². The zero-order chi connectivity index (χ0) is 9.59. The molecule has 2 heterocycles. The summed E-state index contributed by atoms with van der Waals surface area (Å²) in [5.74, 6) is -3.81. The third-order valence-electron chi connectivity index (χ3n) is 2.84. The first-order valence-electron chi connectivity index (χ1n) is 4.22. The van der Waals surface area contributed by atoms with Gasteiger partial charge < -0.3 is 14.9 Å². The predicted molar refractivity (Wildman–Crippen MR) is 40.1 cm³/mol. The van der Waals surface area contributed by atoms with Crippen molar-refractivity contribution in [3.8, 4) is 0 Å². The van der Waals surface area contributed by atoms with Crippen LogP contribution in [0.3, 0.4) is 0 Å². The van der Waals surface area contributed by atoms with Crippen molar-refractivity contribution in [2.75, 3.05) is 0 Å². The molecule has 2 bridgehead atoms. The molecule has 72 valence electrons. The maximum Gasteiger partial charge on any atom is 1.00 e. The minimum Gasteiger partial charge on any atom is -0.481 e. The minimum absolute atomic E-state index is 0. The Hall–Kier alpha value is 0.900. The van der Waals surface area contributed by atoms with Crippen LogP contribution in [0.4, 0.5) is 0 Å². The molecule has 0 amide bonds. The molecule has 5 nitrogen and oxygen atoms in total. The molecule has 2 aliphatic heterocycles. The second-order valence-electron chi connectivity index (χ2n) is 3.52. The zero-order valence-electron chi connectivity index (χ0n) is 8.84. The van der Waals surface area contributed by atoms with Gasteiger partial charge in [0.1, 0.15) is 0 Å². The van der Waals surface area contributed by atoms with Crippen LogP contribution < -0.4 is 59.1 Å². The van der Waals surface area contributed by atoms with Gasteiger partial charge in [-0.25, -0.2) is 0 Å². The summed E-state index contributed by atoms with van der Waals surface area (Å²) in [6, 6.07) is 0. The van der Waals surface area contributed by atoms with Crippen LogP contribution >= 0.6 is 0 Å². The quantitative estimate of drug-likeness (QED) is 0.463. The predicted octanol–water partition coefficient (Wildman–Crippen LogP) is -6.04. The molecule has 2 N–H and O–H groups in total. The summed E-state index contributed by atoms with van der Waals surface area (Å²) in [7, 11) is 0. The van der Waals surface area contributed by atoms with Crippen LogP contribution in [0.5, 0.6) is 0 Å². The fourth-order valence-electron chi connectivity index (χ4n) is 2.31. The van der Waals surface area contributed by atoms with E-state index in [0.29, 0.717) is 12.8 Å². The van der Waals surface area contributed by atoms with Crippen molar-refractivity contribution < 1.29 is 83.7 Å². The van der Waals surface area contributed by atoms with E-state index in [1.54, 1.807) is 0 Å². The second kappa shape index (κ2) is 6.00. The van der Waals surface area contributed by atoms with Gasteiger partial charge in [0.15, 0.2) is 0 Å². The summed E-state index contributed by atoms with van der Waals surface area (Å²) in [5, 5.41) is 17.6. The zero-order valence-corrected chi connectivity index (χ0v) is 12.8. The van der Waals surface area contributed by atoms with Crippen LogP contribution in [0.25, 0.3) is 0 Å². The smallest absolute Gasteiger partial charge is 0.481 e. The van der Waals surface area contributed by atoms with Gasteiger partial charge in [0.25, 0.3) is 0 Å². The van der Waals surface area contributed by atoms with E-state index < -0.39 is 23.8 Å². The van der Waals surface area contributed by atoms with Crippen molar-refractivity contribution in [1.82, 2.24) is 0 Å². The molecule has 0 aliphatic carbocycles. The summed E-state index contributed by atoms with van der Waals surface area (Å²) in [6.45, 7) is 0. The second-order valence-corrected chi connectivity index (χ2v) is 3.52. The van der Waals surface area contributed by atoms with Gasteiger partial charge in [0.2, 0.25) is 0 Å². The Morgan fingerprint density at radius 2 is 1.27 bits per heavy atom. The number of carbonyl (C=O) groups is 2. The van der Waals surface area contributed by atoms with E-state index in [1.807, 2.05) is 0 Å². The third kappa shape index (κ3) is 2.77. The number of carboxylic acids is 2. The third-order valence-corrected chi connectivity index (χ3v) is 2.84.